The number of nitrogens with zero attached hydrogens (tertiary/aromatic N) is 2. The van der Waals surface area contributed by atoms with Gasteiger partial charge in [0.2, 0.25) is 5.91 Å². The molecule has 0 spiro atoms. The SMILES string of the molecule is COc1ccc(C)c(NC(=O)Cn2nc(-c3ccco3)ccc2=O)c1. The van der Waals surface area contributed by atoms with Crippen molar-refractivity contribution in [3.63, 3.8) is 0 Å². The van der Waals surface area contributed by atoms with Crippen LogP contribution >= 0.6 is 0 Å². The zero-order valence-electron chi connectivity index (χ0n) is 13.9. The van der Waals surface area contributed by atoms with Gasteiger partial charge in [-0.15, -0.1) is 0 Å². The van der Waals surface area contributed by atoms with E-state index in [1.54, 1.807) is 31.4 Å². The molecule has 7 nitrogen and oxygen atoms in total. The fourth-order valence-corrected chi connectivity index (χ4v) is 2.31. The van der Waals surface area contributed by atoms with Crippen molar-refractivity contribution in [2.75, 3.05) is 12.4 Å². The van der Waals surface area contributed by atoms with Crippen molar-refractivity contribution in [2.45, 2.75) is 13.5 Å². The van der Waals surface area contributed by atoms with Gasteiger partial charge in [0.05, 0.1) is 13.4 Å². The standard InChI is InChI=1S/C18H17N3O4/c1-12-5-6-13(24-2)10-15(12)19-17(22)11-21-18(23)8-7-14(20-21)16-4-3-9-25-16/h3-10H,11H2,1-2H3,(H,19,22). The summed E-state index contributed by atoms with van der Waals surface area (Å²) >= 11 is 0. The highest BCUT2D eigenvalue weighted by Gasteiger charge is 2.11. The Morgan fingerprint density at radius 3 is 2.84 bits per heavy atom. The summed E-state index contributed by atoms with van der Waals surface area (Å²) in [5.41, 5.74) is 1.63. The van der Waals surface area contributed by atoms with Gasteiger partial charge in [0.1, 0.15) is 18.0 Å². The minimum atomic E-state index is -0.368. The minimum absolute atomic E-state index is 0.204. The Hall–Kier alpha value is -3.35. The fraction of sp³-hybridized carbons (Fsp3) is 0.167. The number of ether oxygens (including phenoxy) is 1. The van der Waals surface area contributed by atoms with Crippen LogP contribution in [0.4, 0.5) is 5.69 Å². The van der Waals surface area contributed by atoms with E-state index in [1.807, 2.05) is 19.1 Å². The second kappa shape index (κ2) is 7.04. The molecule has 0 saturated carbocycles. The third-order valence-electron chi connectivity index (χ3n) is 3.65. The van der Waals surface area contributed by atoms with E-state index in [0.29, 0.717) is 22.9 Å². The summed E-state index contributed by atoms with van der Waals surface area (Å²) in [4.78, 5) is 24.3. The molecule has 25 heavy (non-hydrogen) atoms. The van der Waals surface area contributed by atoms with Crippen molar-refractivity contribution in [3.05, 3.63) is 64.6 Å². The highest BCUT2D eigenvalue weighted by molar-refractivity contribution is 5.91. The van der Waals surface area contributed by atoms with Gasteiger partial charge in [0, 0.05) is 17.8 Å². The number of hydrogen-bond donors (Lipinski definition) is 1. The van der Waals surface area contributed by atoms with Gasteiger partial charge in [0.15, 0.2) is 5.76 Å². The van der Waals surface area contributed by atoms with Gasteiger partial charge in [-0.3, -0.25) is 9.59 Å². The number of furan rings is 1. The maximum atomic E-state index is 12.3. The van der Waals surface area contributed by atoms with Crippen molar-refractivity contribution < 1.29 is 13.9 Å². The Kier molecular flexibility index (Phi) is 4.65. The van der Waals surface area contributed by atoms with Crippen molar-refractivity contribution in [3.8, 4) is 17.2 Å². The van der Waals surface area contributed by atoms with Crippen LogP contribution in [0.15, 0.2) is 57.9 Å². The first kappa shape index (κ1) is 16.5. The molecule has 0 aliphatic heterocycles. The van der Waals surface area contributed by atoms with Crippen molar-refractivity contribution >= 4 is 11.6 Å². The molecule has 1 aromatic carbocycles. The average Bonchev–Trinajstić information content (AvgIpc) is 3.13. The lowest BCUT2D eigenvalue weighted by atomic mass is 10.2. The van der Waals surface area contributed by atoms with E-state index in [9.17, 15) is 9.59 Å². The molecule has 1 N–H and O–H groups in total. The number of aryl methyl sites for hydroxylation is 1. The number of nitrogens with one attached hydrogen (secondary N) is 1. The number of carbonyl (C=O) groups is 1. The topological polar surface area (TPSA) is 86.4 Å². The predicted octanol–water partition coefficient (Wildman–Crippen LogP) is 2.46. The first-order valence-electron chi connectivity index (χ1n) is 7.63. The van der Waals surface area contributed by atoms with E-state index in [0.717, 1.165) is 10.2 Å². The van der Waals surface area contributed by atoms with Gasteiger partial charge in [-0.05, 0) is 36.8 Å². The van der Waals surface area contributed by atoms with Crippen molar-refractivity contribution in [1.29, 1.82) is 0 Å². The number of aromatic nitrogens is 2. The van der Waals surface area contributed by atoms with Crippen LogP contribution in [-0.2, 0) is 11.3 Å². The van der Waals surface area contributed by atoms with Crippen LogP contribution in [0.3, 0.4) is 0 Å². The summed E-state index contributed by atoms with van der Waals surface area (Å²) in [5, 5.41) is 6.95. The van der Waals surface area contributed by atoms with E-state index in [1.165, 1.54) is 12.3 Å². The quantitative estimate of drug-likeness (QED) is 0.772. The number of amides is 1. The molecule has 0 aliphatic rings. The summed E-state index contributed by atoms with van der Waals surface area (Å²) in [6.07, 6.45) is 1.52. The van der Waals surface area contributed by atoms with Gasteiger partial charge in [-0.25, -0.2) is 4.68 Å². The zero-order chi connectivity index (χ0) is 17.8. The van der Waals surface area contributed by atoms with Crippen LogP contribution in [-0.4, -0.2) is 22.8 Å². The molecule has 2 aromatic heterocycles. The van der Waals surface area contributed by atoms with E-state index in [-0.39, 0.29) is 18.0 Å². The second-order valence-corrected chi connectivity index (χ2v) is 5.42. The number of hydrogen-bond acceptors (Lipinski definition) is 5. The predicted molar refractivity (Wildman–Crippen MR) is 92.6 cm³/mol. The molecule has 0 unspecified atom stereocenters. The minimum Gasteiger partial charge on any atom is -0.497 e. The Balaban J connectivity index is 1.79. The number of anilines is 1. The Bertz CT molecular complexity index is 945. The van der Waals surface area contributed by atoms with Crippen molar-refractivity contribution in [1.82, 2.24) is 9.78 Å². The lowest BCUT2D eigenvalue weighted by Crippen LogP contribution is -2.29. The van der Waals surface area contributed by atoms with Crippen LogP contribution in [0.25, 0.3) is 11.5 Å². The Labute approximate surface area is 143 Å². The summed E-state index contributed by atoms with van der Waals surface area (Å²) in [7, 11) is 1.56. The first-order valence-corrected chi connectivity index (χ1v) is 7.63. The zero-order valence-corrected chi connectivity index (χ0v) is 13.9. The highest BCUT2D eigenvalue weighted by Crippen LogP contribution is 2.21. The molecule has 128 valence electrons. The number of methoxy groups -OCH3 is 1. The normalized spacial score (nSPS) is 10.5. The third-order valence-corrected chi connectivity index (χ3v) is 3.65. The number of carbonyl (C=O) groups excluding carboxylic acids is 1. The van der Waals surface area contributed by atoms with Gasteiger partial charge < -0.3 is 14.5 Å². The molecule has 2 heterocycles. The van der Waals surface area contributed by atoms with Crippen LogP contribution in [0.1, 0.15) is 5.56 Å². The van der Waals surface area contributed by atoms with E-state index < -0.39 is 0 Å². The lowest BCUT2D eigenvalue weighted by Gasteiger charge is -2.11. The third kappa shape index (κ3) is 3.77. The summed E-state index contributed by atoms with van der Waals surface area (Å²) in [6.45, 7) is 1.67. The Morgan fingerprint density at radius 1 is 1.28 bits per heavy atom. The van der Waals surface area contributed by atoms with Crippen LogP contribution < -0.4 is 15.6 Å². The molecule has 0 radical (unpaired) electrons. The van der Waals surface area contributed by atoms with E-state index in [4.69, 9.17) is 9.15 Å². The van der Waals surface area contributed by atoms with Crippen molar-refractivity contribution in [2.24, 2.45) is 0 Å². The maximum Gasteiger partial charge on any atom is 0.267 e. The summed E-state index contributed by atoms with van der Waals surface area (Å²) in [5.74, 6) is 0.802. The average molecular weight is 339 g/mol. The second-order valence-electron chi connectivity index (χ2n) is 5.42. The molecule has 3 aromatic rings. The molecule has 0 atom stereocenters. The monoisotopic (exact) mass is 339 g/mol. The molecule has 0 aliphatic carbocycles. The van der Waals surface area contributed by atoms with Gasteiger partial charge >= 0.3 is 0 Å². The smallest absolute Gasteiger partial charge is 0.267 e. The summed E-state index contributed by atoms with van der Waals surface area (Å²) in [6, 6.07) is 11.8. The largest absolute Gasteiger partial charge is 0.497 e. The fourth-order valence-electron chi connectivity index (χ4n) is 2.31. The van der Waals surface area contributed by atoms with Gasteiger partial charge in [-0.1, -0.05) is 6.07 Å². The maximum absolute atomic E-state index is 12.3. The van der Waals surface area contributed by atoms with Gasteiger partial charge in [-0.2, -0.15) is 5.10 Å². The highest BCUT2D eigenvalue weighted by atomic mass is 16.5. The molecular weight excluding hydrogens is 322 g/mol. The Morgan fingerprint density at radius 2 is 2.12 bits per heavy atom. The van der Waals surface area contributed by atoms with Gasteiger partial charge in [0.25, 0.3) is 5.56 Å². The lowest BCUT2D eigenvalue weighted by molar-refractivity contribution is -0.117. The van der Waals surface area contributed by atoms with Crippen LogP contribution in [0.2, 0.25) is 0 Å². The molecule has 0 fully saturated rings. The summed E-state index contributed by atoms with van der Waals surface area (Å²) < 4.78 is 11.5. The van der Waals surface area contributed by atoms with E-state index >= 15 is 0 Å². The molecule has 3 rings (SSSR count). The molecule has 0 saturated heterocycles. The van der Waals surface area contributed by atoms with E-state index in [2.05, 4.69) is 10.4 Å². The van der Waals surface area contributed by atoms with Crippen LogP contribution in [0.5, 0.6) is 5.75 Å². The first-order chi connectivity index (χ1) is 12.1. The number of rotatable bonds is 5. The molecule has 7 heteroatoms. The van der Waals surface area contributed by atoms with Crippen LogP contribution in [0, 0.1) is 6.92 Å². The molecule has 1 amide bonds. The molecular formula is C18H17N3O4. The number of benzene rings is 1. The molecule has 0 bridgehead atoms.